The van der Waals surface area contributed by atoms with Crippen LogP contribution < -0.4 is 5.32 Å². The topological polar surface area (TPSA) is 49.4 Å². The van der Waals surface area contributed by atoms with Crippen LogP contribution in [-0.4, -0.2) is 29.8 Å². The zero-order valence-electron chi connectivity index (χ0n) is 13.1. The summed E-state index contributed by atoms with van der Waals surface area (Å²) in [5.41, 5.74) is 1.47. The van der Waals surface area contributed by atoms with E-state index in [1.54, 1.807) is 6.07 Å². The van der Waals surface area contributed by atoms with Gasteiger partial charge in [-0.15, -0.1) is 6.42 Å². The highest BCUT2D eigenvalue weighted by molar-refractivity contribution is 5.93. The van der Waals surface area contributed by atoms with Gasteiger partial charge in [0.25, 0.3) is 0 Å². The molecule has 0 aliphatic carbocycles. The van der Waals surface area contributed by atoms with Gasteiger partial charge in [0.1, 0.15) is 0 Å². The molecule has 4 heteroatoms. The van der Waals surface area contributed by atoms with Crippen LogP contribution in [0.3, 0.4) is 0 Å². The molecule has 22 heavy (non-hydrogen) atoms. The molecule has 0 bridgehead atoms. The van der Waals surface area contributed by atoms with Crippen LogP contribution in [0.2, 0.25) is 0 Å². The number of nitrogens with one attached hydrogen (secondary N) is 1. The van der Waals surface area contributed by atoms with E-state index in [2.05, 4.69) is 11.2 Å². The van der Waals surface area contributed by atoms with Crippen LogP contribution in [0.15, 0.2) is 24.3 Å². The summed E-state index contributed by atoms with van der Waals surface area (Å²) >= 11 is 0. The number of hydrogen-bond donors (Lipinski definition) is 1. The van der Waals surface area contributed by atoms with Crippen LogP contribution in [0.1, 0.15) is 32.3 Å². The summed E-state index contributed by atoms with van der Waals surface area (Å²) in [6, 6.07) is 7.27. The Morgan fingerprint density at radius 1 is 1.32 bits per heavy atom. The third-order valence-corrected chi connectivity index (χ3v) is 3.97. The molecule has 4 nitrogen and oxygen atoms in total. The zero-order chi connectivity index (χ0) is 16.1. The summed E-state index contributed by atoms with van der Waals surface area (Å²) in [6.07, 6.45) is 6.78. The van der Waals surface area contributed by atoms with Crippen molar-refractivity contribution in [2.45, 2.75) is 26.7 Å². The van der Waals surface area contributed by atoms with Gasteiger partial charge in [0.15, 0.2) is 0 Å². The normalized spacial score (nSPS) is 15.5. The van der Waals surface area contributed by atoms with Gasteiger partial charge >= 0.3 is 0 Å². The first kappa shape index (κ1) is 16.1. The lowest BCUT2D eigenvalue weighted by Crippen LogP contribution is -2.43. The molecule has 116 valence electrons. The molecule has 0 unspecified atom stereocenters. The van der Waals surface area contributed by atoms with E-state index in [9.17, 15) is 9.59 Å². The molecule has 0 spiro atoms. The fraction of sp³-hybridized carbons (Fsp3) is 0.444. The van der Waals surface area contributed by atoms with E-state index in [4.69, 9.17) is 6.42 Å². The number of amides is 2. The Hall–Kier alpha value is -2.28. The molecule has 1 heterocycles. The predicted molar refractivity (Wildman–Crippen MR) is 87.1 cm³/mol. The quantitative estimate of drug-likeness (QED) is 0.872. The minimum atomic E-state index is -0.0503. The fourth-order valence-electron chi connectivity index (χ4n) is 2.66. The minimum absolute atomic E-state index is 0.00539. The van der Waals surface area contributed by atoms with Crippen molar-refractivity contribution in [3.05, 3.63) is 29.8 Å². The highest BCUT2D eigenvalue weighted by atomic mass is 16.2. The van der Waals surface area contributed by atoms with E-state index in [0.717, 1.165) is 11.3 Å². The second kappa shape index (κ2) is 7.13. The van der Waals surface area contributed by atoms with Crippen LogP contribution in [0.4, 0.5) is 5.69 Å². The average molecular weight is 298 g/mol. The first-order valence-electron chi connectivity index (χ1n) is 7.67. The van der Waals surface area contributed by atoms with Crippen molar-refractivity contribution in [2.24, 2.45) is 11.8 Å². The SMILES string of the molecule is C#Cc1cccc(NC(=O)C2CCN(C(=O)C(C)C)CC2)c1. The predicted octanol–water partition coefficient (Wildman–Crippen LogP) is 2.50. The van der Waals surface area contributed by atoms with Crippen molar-refractivity contribution in [1.82, 2.24) is 4.90 Å². The van der Waals surface area contributed by atoms with Crippen molar-refractivity contribution >= 4 is 17.5 Å². The summed E-state index contributed by atoms with van der Waals surface area (Å²) in [5.74, 6) is 2.69. The van der Waals surface area contributed by atoms with Crippen LogP contribution in [0.5, 0.6) is 0 Å². The Bertz CT molecular complexity index is 593. The molecular formula is C18H22N2O2. The number of benzene rings is 1. The molecule has 2 rings (SSSR count). The van der Waals surface area contributed by atoms with Crippen LogP contribution >= 0.6 is 0 Å². The second-order valence-corrected chi connectivity index (χ2v) is 5.97. The minimum Gasteiger partial charge on any atom is -0.342 e. The Kier molecular flexibility index (Phi) is 5.21. The molecule has 0 radical (unpaired) electrons. The number of nitrogens with zero attached hydrogens (tertiary/aromatic N) is 1. The molecule has 1 aliphatic rings. The Balaban J connectivity index is 1.90. The average Bonchev–Trinajstić information content (AvgIpc) is 2.54. The third kappa shape index (κ3) is 3.88. The van der Waals surface area contributed by atoms with Gasteiger partial charge in [0.2, 0.25) is 11.8 Å². The number of carbonyl (C=O) groups excluding carboxylic acids is 2. The van der Waals surface area contributed by atoms with Gasteiger partial charge in [-0.2, -0.15) is 0 Å². The largest absolute Gasteiger partial charge is 0.342 e. The van der Waals surface area contributed by atoms with E-state index < -0.39 is 0 Å². The van der Waals surface area contributed by atoms with Gasteiger partial charge in [-0.25, -0.2) is 0 Å². The monoisotopic (exact) mass is 298 g/mol. The Labute approximate surface area is 131 Å². The number of piperidine rings is 1. The number of terminal acetylenes is 1. The molecule has 0 atom stereocenters. The zero-order valence-corrected chi connectivity index (χ0v) is 13.1. The van der Waals surface area contributed by atoms with Crippen LogP contribution in [0, 0.1) is 24.2 Å². The number of rotatable bonds is 3. The van der Waals surface area contributed by atoms with E-state index >= 15 is 0 Å². The van der Waals surface area contributed by atoms with Crippen LogP contribution in [-0.2, 0) is 9.59 Å². The van der Waals surface area contributed by atoms with Crippen molar-refractivity contribution in [3.63, 3.8) is 0 Å². The number of anilines is 1. The van der Waals surface area contributed by atoms with Crippen molar-refractivity contribution < 1.29 is 9.59 Å². The van der Waals surface area contributed by atoms with Crippen molar-refractivity contribution in [3.8, 4) is 12.3 Å². The molecule has 0 aromatic heterocycles. The smallest absolute Gasteiger partial charge is 0.227 e. The lowest BCUT2D eigenvalue weighted by Gasteiger charge is -2.32. The molecule has 1 fully saturated rings. The summed E-state index contributed by atoms with van der Waals surface area (Å²) in [7, 11) is 0. The van der Waals surface area contributed by atoms with E-state index in [1.807, 2.05) is 36.9 Å². The molecule has 1 saturated heterocycles. The lowest BCUT2D eigenvalue weighted by molar-refractivity contribution is -0.137. The summed E-state index contributed by atoms with van der Waals surface area (Å²) < 4.78 is 0. The lowest BCUT2D eigenvalue weighted by atomic mass is 9.95. The van der Waals surface area contributed by atoms with Gasteiger partial charge < -0.3 is 10.2 Å². The van der Waals surface area contributed by atoms with E-state index in [0.29, 0.717) is 25.9 Å². The maximum atomic E-state index is 12.3. The van der Waals surface area contributed by atoms with E-state index in [1.165, 1.54) is 0 Å². The molecule has 0 saturated carbocycles. The Morgan fingerprint density at radius 3 is 2.59 bits per heavy atom. The standard InChI is InChI=1S/C18H22N2O2/c1-4-14-6-5-7-16(12-14)19-17(21)15-8-10-20(11-9-15)18(22)13(2)3/h1,5-7,12-13,15H,8-11H2,2-3H3,(H,19,21). The van der Waals surface area contributed by atoms with Gasteiger partial charge in [0.05, 0.1) is 0 Å². The summed E-state index contributed by atoms with van der Waals surface area (Å²) in [5, 5.41) is 2.92. The molecule has 1 aromatic carbocycles. The van der Waals surface area contributed by atoms with Gasteiger partial charge in [-0.1, -0.05) is 25.8 Å². The second-order valence-electron chi connectivity index (χ2n) is 5.97. The van der Waals surface area contributed by atoms with Gasteiger partial charge in [-0.3, -0.25) is 9.59 Å². The maximum Gasteiger partial charge on any atom is 0.227 e. The third-order valence-electron chi connectivity index (χ3n) is 3.97. The number of likely N-dealkylation sites (tertiary alicyclic amines) is 1. The summed E-state index contributed by atoms with van der Waals surface area (Å²) in [4.78, 5) is 26.1. The van der Waals surface area contributed by atoms with E-state index in [-0.39, 0.29) is 23.7 Å². The molecule has 2 amide bonds. The molecule has 1 N–H and O–H groups in total. The van der Waals surface area contributed by atoms with Crippen LogP contribution in [0.25, 0.3) is 0 Å². The maximum absolute atomic E-state index is 12.3. The number of hydrogen-bond acceptors (Lipinski definition) is 2. The van der Waals surface area contributed by atoms with Crippen molar-refractivity contribution in [2.75, 3.05) is 18.4 Å². The summed E-state index contributed by atoms with van der Waals surface area (Å²) in [6.45, 7) is 5.11. The number of carbonyl (C=O) groups is 2. The first-order chi connectivity index (χ1) is 10.5. The van der Waals surface area contributed by atoms with Gasteiger partial charge in [0, 0.05) is 36.2 Å². The first-order valence-corrected chi connectivity index (χ1v) is 7.67. The fourth-order valence-corrected chi connectivity index (χ4v) is 2.66. The highest BCUT2D eigenvalue weighted by Gasteiger charge is 2.28. The molecule has 1 aromatic rings. The highest BCUT2D eigenvalue weighted by Crippen LogP contribution is 2.21. The molecular weight excluding hydrogens is 276 g/mol. The van der Waals surface area contributed by atoms with Crippen molar-refractivity contribution in [1.29, 1.82) is 0 Å². The Morgan fingerprint density at radius 2 is 2.00 bits per heavy atom. The van der Waals surface area contributed by atoms with Gasteiger partial charge in [-0.05, 0) is 31.0 Å². The molecule has 1 aliphatic heterocycles.